The largest absolute Gasteiger partial charge is 0.381 e. The van der Waals surface area contributed by atoms with Crippen LogP contribution in [0, 0.1) is 5.41 Å². The quantitative estimate of drug-likeness (QED) is 0.877. The van der Waals surface area contributed by atoms with E-state index in [1.807, 2.05) is 17.0 Å². The predicted octanol–water partition coefficient (Wildman–Crippen LogP) is 1.11. The zero-order valence-electron chi connectivity index (χ0n) is 12.5. The van der Waals surface area contributed by atoms with E-state index < -0.39 is 6.03 Å². The molecule has 3 amide bonds. The van der Waals surface area contributed by atoms with Crippen LogP contribution in [0.2, 0.25) is 0 Å². The molecule has 0 saturated carbocycles. The van der Waals surface area contributed by atoms with Gasteiger partial charge >= 0.3 is 6.03 Å². The molecule has 6 heteroatoms. The maximum atomic E-state index is 12.6. The second kappa shape index (κ2) is 5.96. The summed E-state index contributed by atoms with van der Waals surface area (Å²) < 4.78 is 5.50. The third-order valence-corrected chi connectivity index (χ3v) is 4.58. The maximum Gasteiger partial charge on any atom is 0.312 e. The highest BCUT2D eigenvalue weighted by molar-refractivity contribution is 5.94. The van der Waals surface area contributed by atoms with Gasteiger partial charge in [-0.3, -0.25) is 4.79 Å². The van der Waals surface area contributed by atoms with E-state index in [1.54, 1.807) is 12.1 Å². The zero-order valence-corrected chi connectivity index (χ0v) is 12.5. The molecule has 2 saturated heterocycles. The third-order valence-electron chi connectivity index (χ3n) is 4.58. The van der Waals surface area contributed by atoms with Gasteiger partial charge in [-0.1, -0.05) is 12.1 Å². The highest BCUT2D eigenvalue weighted by Crippen LogP contribution is 2.38. The van der Waals surface area contributed by atoms with E-state index in [1.165, 1.54) is 0 Å². The third kappa shape index (κ3) is 3.06. The van der Waals surface area contributed by atoms with Crippen LogP contribution in [-0.2, 0) is 11.3 Å². The number of likely N-dealkylation sites (tertiary alicyclic amines) is 1. The van der Waals surface area contributed by atoms with Gasteiger partial charge in [-0.15, -0.1) is 0 Å². The Labute approximate surface area is 129 Å². The van der Waals surface area contributed by atoms with E-state index in [0.29, 0.717) is 12.1 Å². The van der Waals surface area contributed by atoms with Crippen LogP contribution < -0.4 is 11.1 Å². The minimum absolute atomic E-state index is 0.0678. The Morgan fingerprint density at radius 2 is 2.05 bits per heavy atom. The van der Waals surface area contributed by atoms with Crippen molar-refractivity contribution in [2.75, 3.05) is 26.3 Å². The fraction of sp³-hybridized carbons (Fsp3) is 0.500. The smallest absolute Gasteiger partial charge is 0.312 e. The van der Waals surface area contributed by atoms with E-state index >= 15 is 0 Å². The van der Waals surface area contributed by atoms with Gasteiger partial charge in [0, 0.05) is 37.2 Å². The fourth-order valence-electron chi connectivity index (χ4n) is 3.22. The Hall–Kier alpha value is -2.08. The van der Waals surface area contributed by atoms with Gasteiger partial charge in [0.1, 0.15) is 0 Å². The summed E-state index contributed by atoms with van der Waals surface area (Å²) in [6.07, 6.45) is 2.08. The summed E-state index contributed by atoms with van der Waals surface area (Å²) in [5.74, 6) is 0.0678. The molecule has 1 aromatic carbocycles. The number of carbonyl (C=O) groups excluding carboxylic acids is 2. The molecule has 3 rings (SSSR count). The molecule has 0 aromatic heterocycles. The van der Waals surface area contributed by atoms with Gasteiger partial charge in [0.25, 0.3) is 5.91 Å². The first kappa shape index (κ1) is 14.8. The van der Waals surface area contributed by atoms with Gasteiger partial charge in [-0.2, -0.15) is 0 Å². The molecule has 22 heavy (non-hydrogen) atoms. The van der Waals surface area contributed by atoms with Crippen molar-refractivity contribution in [3.05, 3.63) is 35.4 Å². The van der Waals surface area contributed by atoms with Crippen molar-refractivity contribution >= 4 is 11.9 Å². The van der Waals surface area contributed by atoms with Crippen molar-refractivity contribution in [1.82, 2.24) is 10.2 Å². The lowest BCUT2D eigenvalue weighted by Gasteiger charge is -2.22. The molecule has 2 aliphatic heterocycles. The van der Waals surface area contributed by atoms with Crippen LogP contribution in [0.5, 0.6) is 0 Å². The van der Waals surface area contributed by atoms with Crippen molar-refractivity contribution in [3.63, 3.8) is 0 Å². The normalized spacial score (nSPS) is 23.9. The molecule has 1 atom stereocenters. The minimum Gasteiger partial charge on any atom is -0.381 e. The summed E-state index contributed by atoms with van der Waals surface area (Å²) in [6.45, 7) is 3.54. The fourth-order valence-corrected chi connectivity index (χ4v) is 3.22. The number of hydrogen-bond acceptors (Lipinski definition) is 3. The van der Waals surface area contributed by atoms with E-state index in [9.17, 15) is 9.59 Å². The first-order valence-electron chi connectivity index (χ1n) is 7.57. The SMILES string of the molecule is NC(=O)NCc1ccc(C(=O)N2CCC3(CCOC3)C2)cc1. The lowest BCUT2D eigenvalue weighted by atomic mass is 9.87. The van der Waals surface area contributed by atoms with E-state index in [2.05, 4.69) is 5.32 Å². The Morgan fingerprint density at radius 1 is 1.27 bits per heavy atom. The molecule has 0 radical (unpaired) electrons. The molecule has 1 spiro atoms. The van der Waals surface area contributed by atoms with Crippen molar-refractivity contribution in [3.8, 4) is 0 Å². The van der Waals surface area contributed by atoms with Crippen LogP contribution in [0.4, 0.5) is 4.79 Å². The lowest BCUT2D eigenvalue weighted by molar-refractivity contribution is 0.0765. The molecule has 2 aliphatic rings. The highest BCUT2D eigenvalue weighted by Gasteiger charge is 2.42. The minimum atomic E-state index is -0.554. The summed E-state index contributed by atoms with van der Waals surface area (Å²) >= 11 is 0. The maximum absolute atomic E-state index is 12.6. The molecule has 0 aliphatic carbocycles. The number of carbonyl (C=O) groups is 2. The van der Waals surface area contributed by atoms with Gasteiger partial charge in [0.2, 0.25) is 0 Å². The van der Waals surface area contributed by atoms with Crippen molar-refractivity contribution in [2.24, 2.45) is 11.1 Å². The number of nitrogens with one attached hydrogen (secondary N) is 1. The van der Waals surface area contributed by atoms with E-state index in [4.69, 9.17) is 10.5 Å². The monoisotopic (exact) mass is 303 g/mol. The van der Waals surface area contributed by atoms with Crippen LogP contribution in [0.1, 0.15) is 28.8 Å². The number of rotatable bonds is 3. The number of benzene rings is 1. The number of ether oxygens (including phenoxy) is 1. The molecular weight excluding hydrogens is 282 g/mol. The molecule has 1 aromatic rings. The van der Waals surface area contributed by atoms with Crippen LogP contribution in [0.25, 0.3) is 0 Å². The summed E-state index contributed by atoms with van der Waals surface area (Å²) in [5, 5.41) is 2.53. The molecule has 2 fully saturated rings. The summed E-state index contributed by atoms with van der Waals surface area (Å²) in [7, 11) is 0. The Kier molecular flexibility index (Phi) is 4.02. The van der Waals surface area contributed by atoms with Gasteiger partial charge in [-0.25, -0.2) is 4.79 Å². The van der Waals surface area contributed by atoms with Crippen molar-refractivity contribution < 1.29 is 14.3 Å². The topological polar surface area (TPSA) is 84.7 Å². The summed E-state index contributed by atoms with van der Waals surface area (Å²) in [6, 6.07) is 6.73. The zero-order chi connectivity index (χ0) is 15.6. The molecule has 6 nitrogen and oxygen atoms in total. The number of primary amides is 1. The van der Waals surface area contributed by atoms with Crippen LogP contribution in [0.15, 0.2) is 24.3 Å². The lowest BCUT2D eigenvalue weighted by Crippen LogP contribution is -2.32. The number of nitrogens with two attached hydrogens (primary N) is 1. The van der Waals surface area contributed by atoms with Gasteiger partial charge in [0.15, 0.2) is 0 Å². The molecular formula is C16H21N3O3. The standard InChI is InChI=1S/C16H21N3O3/c17-15(21)18-9-12-1-3-13(4-2-12)14(20)19-7-5-16(10-19)6-8-22-11-16/h1-4H,5-11H2,(H3,17,18,21). The van der Waals surface area contributed by atoms with Gasteiger partial charge < -0.3 is 20.7 Å². The molecule has 0 bridgehead atoms. The Bertz CT molecular complexity index is 565. The first-order chi connectivity index (χ1) is 10.6. The Balaban J connectivity index is 1.61. The second-order valence-corrected chi connectivity index (χ2v) is 6.19. The van der Waals surface area contributed by atoms with Crippen LogP contribution in [0.3, 0.4) is 0 Å². The first-order valence-corrected chi connectivity index (χ1v) is 7.57. The summed E-state index contributed by atoms with van der Waals surface area (Å²) in [5.41, 5.74) is 6.81. The predicted molar refractivity (Wildman–Crippen MR) is 81.3 cm³/mol. The molecule has 118 valence electrons. The molecule has 1 unspecified atom stereocenters. The Morgan fingerprint density at radius 3 is 2.68 bits per heavy atom. The molecule has 3 N–H and O–H groups in total. The number of hydrogen-bond donors (Lipinski definition) is 2. The second-order valence-electron chi connectivity index (χ2n) is 6.19. The van der Waals surface area contributed by atoms with Gasteiger partial charge in [0.05, 0.1) is 6.61 Å². The summed E-state index contributed by atoms with van der Waals surface area (Å²) in [4.78, 5) is 25.2. The number of urea groups is 1. The van der Waals surface area contributed by atoms with Crippen LogP contribution in [-0.4, -0.2) is 43.1 Å². The van der Waals surface area contributed by atoms with Crippen molar-refractivity contribution in [1.29, 1.82) is 0 Å². The van der Waals surface area contributed by atoms with Gasteiger partial charge in [-0.05, 0) is 30.5 Å². The van der Waals surface area contributed by atoms with Crippen LogP contribution >= 0.6 is 0 Å². The number of amides is 3. The number of nitrogens with zero attached hydrogens (tertiary/aromatic N) is 1. The average Bonchev–Trinajstić information content (AvgIpc) is 3.15. The highest BCUT2D eigenvalue weighted by atomic mass is 16.5. The average molecular weight is 303 g/mol. The van der Waals surface area contributed by atoms with Crippen molar-refractivity contribution in [2.45, 2.75) is 19.4 Å². The van der Waals surface area contributed by atoms with E-state index in [0.717, 1.165) is 44.7 Å². The molecule has 2 heterocycles. The van der Waals surface area contributed by atoms with E-state index in [-0.39, 0.29) is 11.3 Å².